The van der Waals surface area contributed by atoms with Crippen LogP contribution in [0, 0.1) is 5.82 Å². The summed E-state index contributed by atoms with van der Waals surface area (Å²) in [7, 11) is -1.98. The van der Waals surface area contributed by atoms with Crippen molar-refractivity contribution in [1.82, 2.24) is 4.72 Å². The van der Waals surface area contributed by atoms with Crippen molar-refractivity contribution in [2.24, 2.45) is 0 Å². The van der Waals surface area contributed by atoms with Crippen LogP contribution in [0.3, 0.4) is 0 Å². The van der Waals surface area contributed by atoms with Gasteiger partial charge in [0.05, 0.1) is 18.6 Å². The molecular formula is C23H25FN2O5S. The van der Waals surface area contributed by atoms with Crippen LogP contribution in [0.25, 0.3) is 11.0 Å². The largest absolute Gasteiger partial charge is 0.492 e. The van der Waals surface area contributed by atoms with Gasteiger partial charge in [-0.3, -0.25) is 9.52 Å². The number of furan rings is 1. The van der Waals surface area contributed by atoms with Gasteiger partial charge in [0.25, 0.3) is 5.91 Å². The van der Waals surface area contributed by atoms with Gasteiger partial charge in [0.2, 0.25) is 0 Å². The number of nitrogens with zero attached hydrogens (tertiary/aromatic N) is 1. The molecule has 0 saturated carbocycles. The van der Waals surface area contributed by atoms with Crippen molar-refractivity contribution < 1.29 is 27.3 Å². The molecule has 3 aromatic rings. The number of halogens is 1. The molecule has 1 fully saturated rings. The molecule has 0 aliphatic carbocycles. The van der Waals surface area contributed by atoms with E-state index in [0.29, 0.717) is 24.7 Å². The lowest BCUT2D eigenvalue weighted by Gasteiger charge is -2.33. The van der Waals surface area contributed by atoms with E-state index in [1.807, 2.05) is 18.7 Å². The van der Waals surface area contributed by atoms with Crippen LogP contribution in [0.2, 0.25) is 0 Å². The van der Waals surface area contributed by atoms with E-state index in [4.69, 9.17) is 13.9 Å². The average molecular weight is 461 g/mol. The summed E-state index contributed by atoms with van der Waals surface area (Å²) in [6.45, 7) is 6.27. The molecule has 32 heavy (non-hydrogen) atoms. The minimum absolute atomic E-state index is 0.127. The highest BCUT2D eigenvalue weighted by molar-refractivity contribution is 7.84. The normalized spacial score (nSPS) is 14.2. The van der Waals surface area contributed by atoms with Crippen molar-refractivity contribution >= 4 is 33.5 Å². The quantitative estimate of drug-likeness (QED) is 0.509. The molecule has 2 heterocycles. The first-order valence-electron chi connectivity index (χ1n) is 10.6. The summed E-state index contributed by atoms with van der Waals surface area (Å²) < 4.78 is 46.9. The number of rotatable bonds is 9. The van der Waals surface area contributed by atoms with E-state index >= 15 is 0 Å². The summed E-state index contributed by atoms with van der Waals surface area (Å²) in [4.78, 5) is 15.0. The van der Waals surface area contributed by atoms with Gasteiger partial charge in [0.1, 0.15) is 27.8 Å². The summed E-state index contributed by atoms with van der Waals surface area (Å²) >= 11 is 0. The monoisotopic (exact) mass is 460 g/mol. The molecule has 0 bridgehead atoms. The van der Waals surface area contributed by atoms with Crippen LogP contribution in [0.15, 0.2) is 45.7 Å². The van der Waals surface area contributed by atoms with Crippen molar-refractivity contribution in [2.45, 2.75) is 31.6 Å². The van der Waals surface area contributed by atoms with Crippen LogP contribution in [0.4, 0.5) is 10.1 Å². The molecule has 1 atom stereocenters. The fourth-order valence-corrected chi connectivity index (χ4v) is 4.40. The standard InChI is InChI=1S/C23H25FN2O5S/c1-3-11-30-19-8-5-7-18(29-4-2)22(19)32(28)25-23(27)21-14-16-17(24)12-15(13-20(16)31-21)26-9-6-10-26/h5,7-8,12-14H,3-4,6,9-11H2,1-2H3,(H,25,27). The van der Waals surface area contributed by atoms with Crippen LogP contribution in [0.1, 0.15) is 37.2 Å². The molecule has 1 amide bonds. The van der Waals surface area contributed by atoms with E-state index in [1.54, 1.807) is 24.3 Å². The summed E-state index contributed by atoms with van der Waals surface area (Å²) in [6.07, 6.45) is 1.83. The smallest absolute Gasteiger partial charge is 0.298 e. The molecule has 1 saturated heterocycles. The molecule has 2 aromatic carbocycles. The van der Waals surface area contributed by atoms with Gasteiger partial charge in [-0.2, -0.15) is 0 Å². The minimum Gasteiger partial charge on any atom is -0.492 e. The molecule has 1 N–H and O–H groups in total. The van der Waals surface area contributed by atoms with Crippen LogP contribution < -0.4 is 19.1 Å². The predicted molar refractivity (Wildman–Crippen MR) is 120 cm³/mol. The number of anilines is 1. The predicted octanol–water partition coefficient (Wildman–Crippen LogP) is 4.42. The highest BCUT2D eigenvalue weighted by atomic mass is 32.2. The lowest BCUT2D eigenvalue weighted by atomic mass is 10.1. The van der Waals surface area contributed by atoms with E-state index in [1.165, 1.54) is 12.1 Å². The molecular weight excluding hydrogens is 435 g/mol. The van der Waals surface area contributed by atoms with E-state index in [9.17, 15) is 13.4 Å². The first-order chi connectivity index (χ1) is 15.5. The van der Waals surface area contributed by atoms with Crippen LogP contribution in [-0.2, 0) is 11.0 Å². The molecule has 0 radical (unpaired) electrons. The fourth-order valence-electron chi connectivity index (χ4n) is 3.41. The molecule has 9 heteroatoms. The number of fused-ring (bicyclic) bond motifs is 1. The lowest BCUT2D eigenvalue weighted by Crippen LogP contribution is -2.36. The van der Waals surface area contributed by atoms with Crippen molar-refractivity contribution in [3.63, 3.8) is 0 Å². The maximum Gasteiger partial charge on any atom is 0.298 e. The second-order valence-corrected chi connectivity index (χ2v) is 8.51. The Balaban J connectivity index is 1.59. The highest BCUT2D eigenvalue weighted by Gasteiger charge is 2.24. The third-order valence-electron chi connectivity index (χ3n) is 5.09. The Hall–Kier alpha value is -3.07. The van der Waals surface area contributed by atoms with Crippen molar-refractivity contribution in [3.05, 3.63) is 48.0 Å². The van der Waals surface area contributed by atoms with Gasteiger partial charge in [0, 0.05) is 30.9 Å². The van der Waals surface area contributed by atoms with E-state index in [2.05, 4.69) is 4.72 Å². The lowest BCUT2D eigenvalue weighted by molar-refractivity contribution is 0.0958. The summed E-state index contributed by atoms with van der Waals surface area (Å²) in [5.74, 6) is -0.596. The number of carbonyl (C=O) groups excluding carboxylic acids is 1. The molecule has 0 spiro atoms. The Bertz CT molecular complexity index is 1160. The Labute approximate surface area is 188 Å². The van der Waals surface area contributed by atoms with Crippen LogP contribution in [0.5, 0.6) is 11.5 Å². The number of ether oxygens (including phenoxy) is 2. The summed E-state index contributed by atoms with van der Waals surface area (Å²) in [6, 6.07) is 9.54. The number of carbonyl (C=O) groups is 1. The zero-order chi connectivity index (χ0) is 22.7. The third kappa shape index (κ3) is 4.43. The number of hydrogen-bond donors (Lipinski definition) is 1. The highest BCUT2D eigenvalue weighted by Crippen LogP contribution is 2.33. The van der Waals surface area contributed by atoms with E-state index in [-0.39, 0.29) is 21.6 Å². The Morgan fingerprint density at radius 1 is 1.19 bits per heavy atom. The molecule has 4 rings (SSSR count). The van der Waals surface area contributed by atoms with Gasteiger partial charge >= 0.3 is 0 Å². The average Bonchev–Trinajstić information content (AvgIpc) is 3.16. The summed E-state index contributed by atoms with van der Waals surface area (Å²) in [5, 5.41) is 0.201. The zero-order valence-electron chi connectivity index (χ0n) is 18.0. The first kappa shape index (κ1) is 22.1. The molecule has 1 aliphatic heterocycles. The first-order valence-corrected chi connectivity index (χ1v) is 11.8. The zero-order valence-corrected chi connectivity index (χ0v) is 18.8. The SMILES string of the molecule is CCCOc1cccc(OCC)c1S(=O)NC(=O)c1cc2c(F)cc(N3CCC3)cc2o1. The van der Waals surface area contributed by atoms with Crippen LogP contribution in [-0.4, -0.2) is 36.4 Å². The van der Waals surface area contributed by atoms with Gasteiger partial charge in [-0.15, -0.1) is 0 Å². The third-order valence-corrected chi connectivity index (χ3v) is 6.24. The van der Waals surface area contributed by atoms with E-state index in [0.717, 1.165) is 31.6 Å². The molecule has 1 aromatic heterocycles. The van der Waals surface area contributed by atoms with Gasteiger partial charge in [-0.1, -0.05) is 13.0 Å². The van der Waals surface area contributed by atoms with Crippen molar-refractivity contribution in [2.75, 3.05) is 31.2 Å². The number of amides is 1. The molecule has 7 nitrogen and oxygen atoms in total. The maximum absolute atomic E-state index is 14.6. The topological polar surface area (TPSA) is 81.0 Å². The van der Waals surface area contributed by atoms with Gasteiger partial charge in [-0.05, 0) is 38.0 Å². The van der Waals surface area contributed by atoms with Gasteiger partial charge < -0.3 is 18.8 Å². The van der Waals surface area contributed by atoms with Crippen molar-refractivity contribution in [1.29, 1.82) is 0 Å². The van der Waals surface area contributed by atoms with E-state index < -0.39 is 22.7 Å². The second kappa shape index (κ2) is 9.60. The Kier molecular flexibility index (Phi) is 6.64. The molecule has 1 unspecified atom stereocenters. The van der Waals surface area contributed by atoms with Gasteiger partial charge in [-0.25, -0.2) is 8.60 Å². The minimum atomic E-state index is -1.98. The molecule has 170 valence electrons. The number of benzene rings is 2. The number of nitrogens with one attached hydrogen (secondary N) is 1. The fraction of sp³-hybridized carbons (Fsp3) is 0.348. The Morgan fingerprint density at radius 2 is 1.94 bits per heavy atom. The Morgan fingerprint density at radius 3 is 2.59 bits per heavy atom. The van der Waals surface area contributed by atoms with Gasteiger partial charge in [0.15, 0.2) is 16.7 Å². The number of hydrogen-bond acceptors (Lipinski definition) is 6. The second-order valence-electron chi connectivity index (χ2n) is 7.36. The molecule has 1 aliphatic rings. The summed E-state index contributed by atoms with van der Waals surface area (Å²) in [5.41, 5.74) is 0.985. The maximum atomic E-state index is 14.6. The van der Waals surface area contributed by atoms with Crippen LogP contribution >= 0.6 is 0 Å². The van der Waals surface area contributed by atoms with Crippen molar-refractivity contribution in [3.8, 4) is 11.5 Å².